The maximum absolute atomic E-state index is 13.8. The van der Waals surface area contributed by atoms with Crippen molar-refractivity contribution in [3.05, 3.63) is 74.1 Å². The van der Waals surface area contributed by atoms with Crippen LogP contribution in [0.5, 0.6) is 0 Å². The Hall–Kier alpha value is -2.40. The van der Waals surface area contributed by atoms with Gasteiger partial charge in [-0.3, -0.25) is 4.79 Å². The first kappa shape index (κ1) is 12.6. The molecule has 6 heteroatoms. The fraction of sp³-hybridized carbons (Fsp3) is 0. The molecule has 100 valence electrons. The van der Waals surface area contributed by atoms with Crippen LogP contribution >= 0.6 is 11.6 Å². The van der Waals surface area contributed by atoms with Gasteiger partial charge in [-0.1, -0.05) is 23.7 Å². The minimum Gasteiger partial charge on any atom is -0.306 e. The van der Waals surface area contributed by atoms with Gasteiger partial charge in [-0.25, -0.2) is 13.8 Å². The van der Waals surface area contributed by atoms with Crippen LogP contribution in [0.15, 0.2) is 52.1 Å². The van der Waals surface area contributed by atoms with E-state index in [1.54, 1.807) is 18.2 Å². The maximum atomic E-state index is 13.8. The third kappa shape index (κ3) is 1.92. The van der Waals surface area contributed by atoms with Crippen molar-refractivity contribution in [2.24, 2.45) is 0 Å². The fourth-order valence-corrected chi connectivity index (χ4v) is 2.26. The normalized spacial score (nSPS) is 10.9. The molecule has 2 aromatic carbocycles. The summed E-state index contributed by atoms with van der Waals surface area (Å²) in [5.41, 5.74) is -0.910. The van der Waals surface area contributed by atoms with Crippen LogP contribution < -0.4 is 11.2 Å². The highest BCUT2D eigenvalue weighted by atomic mass is 35.5. The second-order valence-electron chi connectivity index (χ2n) is 4.21. The zero-order valence-corrected chi connectivity index (χ0v) is 10.8. The Labute approximate surface area is 117 Å². The van der Waals surface area contributed by atoms with Crippen LogP contribution in [-0.2, 0) is 0 Å². The topological polar surface area (TPSA) is 54.9 Å². The monoisotopic (exact) mass is 290 g/mol. The van der Waals surface area contributed by atoms with Gasteiger partial charge < -0.3 is 4.98 Å². The van der Waals surface area contributed by atoms with E-state index in [0.717, 1.165) is 4.57 Å². The number of nitrogens with zero attached hydrogens (tertiary/aromatic N) is 1. The standard InChI is InChI=1S/C14H8ClFN2O2/c15-8-3-1-4-9(7-8)18-13(19)12-10(16)5-2-6-11(12)17-14(18)20/h1-7H,(H,17,20). The van der Waals surface area contributed by atoms with Crippen molar-refractivity contribution in [2.45, 2.75) is 0 Å². The smallest absolute Gasteiger partial charge is 0.306 e. The van der Waals surface area contributed by atoms with Crippen LogP contribution in [0.25, 0.3) is 16.6 Å². The van der Waals surface area contributed by atoms with Gasteiger partial charge in [0.05, 0.1) is 16.6 Å². The van der Waals surface area contributed by atoms with E-state index in [4.69, 9.17) is 11.6 Å². The number of aromatic amines is 1. The van der Waals surface area contributed by atoms with Gasteiger partial charge in [0.2, 0.25) is 0 Å². The zero-order valence-electron chi connectivity index (χ0n) is 10.1. The third-order valence-corrected chi connectivity index (χ3v) is 3.18. The Kier molecular flexibility index (Phi) is 2.91. The Morgan fingerprint density at radius 3 is 2.60 bits per heavy atom. The quantitative estimate of drug-likeness (QED) is 0.748. The predicted octanol–water partition coefficient (Wildman–Crippen LogP) is 2.47. The molecule has 0 unspecified atom stereocenters. The molecule has 0 radical (unpaired) electrons. The number of rotatable bonds is 1. The number of nitrogens with one attached hydrogen (secondary N) is 1. The van der Waals surface area contributed by atoms with Gasteiger partial charge in [-0.2, -0.15) is 0 Å². The highest BCUT2D eigenvalue weighted by Gasteiger charge is 2.12. The van der Waals surface area contributed by atoms with Crippen LogP contribution in [0.4, 0.5) is 4.39 Å². The summed E-state index contributed by atoms with van der Waals surface area (Å²) in [5, 5.41) is 0.217. The Bertz CT molecular complexity index is 930. The summed E-state index contributed by atoms with van der Waals surface area (Å²) in [6.07, 6.45) is 0. The third-order valence-electron chi connectivity index (χ3n) is 2.94. The largest absolute Gasteiger partial charge is 0.333 e. The zero-order chi connectivity index (χ0) is 14.3. The average Bonchev–Trinajstić information content (AvgIpc) is 2.38. The molecule has 0 aliphatic heterocycles. The first-order valence-corrected chi connectivity index (χ1v) is 6.15. The molecule has 1 N–H and O–H groups in total. The molecule has 0 saturated heterocycles. The van der Waals surface area contributed by atoms with Crippen LogP contribution in [-0.4, -0.2) is 9.55 Å². The number of hydrogen-bond donors (Lipinski definition) is 1. The number of hydrogen-bond acceptors (Lipinski definition) is 2. The highest BCUT2D eigenvalue weighted by Crippen LogP contribution is 2.14. The van der Waals surface area contributed by atoms with Gasteiger partial charge in [0.25, 0.3) is 5.56 Å². The summed E-state index contributed by atoms with van der Waals surface area (Å²) in [5.74, 6) is -0.681. The molecular weight excluding hydrogens is 283 g/mol. The van der Waals surface area contributed by atoms with Crippen LogP contribution in [0.3, 0.4) is 0 Å². The van der Waals surface area contributed by atoms with Gasteiger partial charge in [0.15, 0.2) is 0 Å². The number of H-pyrrole nitrogens is 1. The van der Waals surface area contributed by atoms with E-state index in [-0.39, 0.29) is 16.6 Å². The van der Waals surface area contributed by atoms with Gasteiger partial charge in [-0.15, -0.1) is 0 Å². The second kappa shape index (κ2) is 4.61. The lowest BCUT2D eigenvalue weighted by molar-refractivity contribution is 0.637. The van der Waals surface area contributed by atoms with Crippen molar-refractivity contribution in [1.29, 1.82) is 0 Å². The first-order valence-electron chi connectivity index (χ1n) is 5.77. The van der Waals surface area contributed by atoms with Gasteiger partial charge in [-0.05, 0) is 30.3 Å². The fourth-order valence-electron chi connectivity index (χ4n) is 2.07. The molecule has 4 nitrogen and oxygen atoms in total. The van der Waals surface area contributed by atoms with E-state index in [1.165, 1.54) is 24.3 Å². The molecule has 1 aromatic heterocycles. The summed E-state index contributed by atoms with van der Waals surface area (Å²) in [4.78, 5) is 26.8. The molecule has 3 aromatic rings. The average molecular weight is 291 g/mol. The summed E-state index contributed by atoms with van der Waals surface area (Å²) in [7, 11) is 0. The highest BCUT2D eigenvalue weighted by molar-refractivity contribution is 6.30. The van der Waals surface area contributed by atoms with Gasteiger partial charge in [0.1, 0.15) is 5.82 Å². The van der Waals surface area contributed by atoms with Crippen LogP contribution in [0.2, 0.25) is 5.02 Å². The molecule has 0 bridgehead atoms. The van der Waals surface area contributed by atoms with Crippen molar-refractivity contribution in [1.82, 2.24) is 9.55 Å². The minimum absolute atomic E-state index is 0.160. The van der Waals surface area contributed by atoms with E-state index in [2.05, 4.69) is 4.98 Å². The Morgan fingerprint density at radius 2 is 1.85 bits per heavy atom. The van der Waals surface area contributed by atoms with Crippen LogP contribution in [0, 0.1) is 5.82 Å². The van der Waals surface area contributed by atoms with Crippen molar-refractivity contribution < 1.29 is 4.39 Å². The van der Waals surface area contributed by atoms with Crippen molar-refractivity contribution in [2.75, 3.05) is 0 Å². The lowest BCUT2D eigenvalue weighted by Gasteiger charge is -2.07. The second-order valence-corrected chi connectivity index (χ2v) is 4.65. The summed E-state index contributed by atoms with van der Waals surface area (Å²) in [6.45, 7) is 0. The lowest BCUT2D eigenvalue weighted by atomic mass is 10.2. The molecule has 20 heavy (non-hydrogen) atoms. The lowest BCUT2D eigenvalue weighted by Crippen LogP contribution is -2.34. The molecule has 3 rings (SSSR count). The van der Waals surface area contributed by atoms with E-state index in [9.17, 15) is 14.0 Å². The molecular formula is C14H8ClFN2O2. The van der Waals surface area contributed by atoms with E-state index >= 15 is 0 Å². The maximum Gasteiger partial charge on any atom is 0.333 e. The molecule has 0 aliphatic carbocycles. The van der Waals surface area contributed by atoms with E-state index in [1.807, 2.05) is 0 Å². The first-order chi connectivity index (χ1) is 9.58. The molecule has 0 fully saturated rings. The Morgan fingerprint density at radius 1 is 1.10 bits per heavy atom. The number of halogens is 2. The van der Waals surface area contributed by atoms with Crippen molar-refractivity contribution >= 4 is 22.5 Å². The van der Waals surface area contributed by atoms with Gasteiger partial charge in [0, 0.05) is 5.02 Å². The summed E-state index contributed by atoms with van der Waals surface area (Å²) in [6, 6.07) is 10.3. The molecule has 0 atom stereocenters. The molecule has 0 saturated carbocycles. The number of aromatic nitrogens is 2. The molecule has 1 heterocycles. The minimum atomic E-state index is -0.718. The van der Waals surface area contributed by atoms with E-state index < -0.39 is 17.1 Å². The summed E-state index contributed by atoms with van der Waals surface area (Å²) < 4.78 is 14.7. The van der Waals surface area contributed by atoms with Crippen molar-refractivity contribution in [3.8, 4) is 5.69 Å². The SMILES string of the molecule is O=c1[nH]c2cccc(F)c2c(=O)n1-c1cccc(Cl)c1. The van der Waals surface area contributed by atoms with Gasteiger partial charge >= 0.3 is 5.69 Å². The summed E-state index contributed by atoms with van der Waals surface area (Å²) >= 11 is 5.85. The van der Waals surface area contributed by atoms with Crippen molar-refractivity contribution in [3.63, 3.8) is 0 Å². The Balaban J connectivity index is 2.46. The number of benzene rings is 2. The molecule has 0 amide bonds. The molecule has 0 aliphatic rings. The molecule has 0 spiro atoms. The predicted molar refractivity (Wildman–Crippen MR) is 75.1 cm³/mol. The van der Waals surface area contributed by atoms with Crippen LogP contribution in [0.1, 0.15) is 0 Å². The van der Waals surface area contributed by atoms with E-state index in [0.29, 0.717) is 5.02 Å². The number of fused-ring (bicyclic) bond motifs is 1.